The zero-order valence-corrected chi connectivity index (χ0v) is 17.6. The highest BCUT2D eigenvalue weighted by molar-refractivity contribution is 7.89. The van der Waals surface area contributed by atoms with Crippen molar-refractivity contribution in [3.8, 4) is 0 Å². The molecular formula is C22H25FN4O2S. The second kappa shape index (κ2) is 7.37. The number of aryl methyl sites for hydroxylation is 1. The highest BCUT2D eigenvalue weighted by atomic mass is 32.2. The quantitative estimate of drug-likeness (QED) is 0.672. The number of aromatic nitrogens is 1. The molecule has 0 amide bonds. The molecule has 6 nitrogen and oxygen atoms in total. The van der Waals surface area contributed by atoms with E-state index < -0.39 is 10.0 Å². The molecule has 2 aromatic carbocycles. The molecule has 1 aromatic heterocycles. The molecule has 3 heterocycles. The highest BCUT2D eigenvalue weighted by Gasteiger charge is 2.35. The number of piperidine rings is 1. The Labute approximate surface area is 175 Å². The number of sulfonamides is 1. The summed E-state index contributed by atoms with van der Waals surface area (Å²) < 4.78 is 43.8. The van der Waals surface area contributed by atoms with Gasteiger partial charge in [-0.2, -0.15) is 4.72 Å². The molecule has 1 unspecified atom stereocenters. The van der Waals surface area contributed by atoms with Gasteiger partial charge in [0.1, 0.15) is 10.7 Å². The fourth-order valence-corrected chi connectivity index (χ4v) is 6.11. The van der Waals surface area contributed by atoms with E-state index in [4.69, 9.17) is 0 Å². The van der Waals surface area contributed by atoms with Gasteiger partial charge >= 0.3 is 0 Å². The minimum Gasteiger partial charge on any atom is -0.368 e. The lowest BCUT2D eigenvalue weighted by Crippen LogP contribution is -2.51. The number of likely N-dealkylation sites (tertiary alicyclic amines) is 1. The maximum Gasteiger partial charge on any atom is 0.244 e. The summed E-state index contributed by atoms with van der Waals surface area (Å²) in [5, 5.41) is 4.32. The van der Waals surface area contributed by atoms with E-state index in [0.717, 1.165) is 48.9 Å². The van der Waals surface area contributed by atoms with Crippen LogP contribution in [0.15, 0.2) is 53.6 Å². The van der Waals surface area contributed by atoms with Gasteiger partial charge in [-0.05, 0) is 67.7 Å². The zero-order chi connectivity index (χ0) is 20.9. The SMILES string of the molecule is Cn1cc(CN2CCC(C3Nc4ccccc4S(=O)(=O)N3)CC2)c2cc(F)ccc21. The van der Waals surface area contributed by atoms with Gasteiger partial charge in [-0.25, -0.2) is 12.8 Å². The Morgan fingerprint density at radius 2 is 1.90 bits per heavy atom. The molecule has 2 N–H and O–H groups in total. The molecule has 0 spiro atoms. The molecule has 8 heteroatoms. The molecule has 1 saturated heterocycles. The molecule has 0 aliphatic carbocycles. The van der Waals surface area contributed by atoms with Crippen LogP contribution in [0.3, 0.4) is 0 Å². The van der Waals surface area contributed by atoms with E-state index in [1.54, 1.807) is 18.2 Å². The summed E-state index contributed by atoms with van der Waals surface area (Å²) in [6.07, 6.45) is 3.56. The first-order valence-corrected chi connectivity index (χ1v) is 11.7. The summed E-state index contributed by atoms with van der Waals surface area (Å²) in [6.45, 7) is 2.51. The Kier molecular flexibility index (Phi) is 4.80. The molecule has 3 aromatic rings. The lowest BCUT2D eigenvalue weighted by Gasteiger charge is -2.38. The van der Waals surface area contributed by atoms with Crippen LogP contribution in [0.2, 0.25) is 0 Å². The predicted octanol–water partition coefficient (Wildman–Crippen LogP) is 3.26. The largest absolute Gasteiger partial charge is 0.368 e. The van der Waals surface area contributed by atoms with Crippen molar-refractivity contribution < 1.29 is 12.8 Å². The number of nitrogens with one attached hydrogen (secondary N) is 2. The van der Waals surface area contributed by atoms with E-state index in [1.165, 1.54) is 6.07 Å². The number of halogens is 1. The fourth-order valence-electron chi connectivity index (χ4n) is 4.72. The van der Waals surface area contributed by atoms with Gasteiger partial charge in [0, 0.05) is 30.7 Å². The summed E-state index contributed by atoms with van der Waals surface area (Å²) in [4.78, 5) is 2.67. The standard InChI is InChI=1S/C22H25FN4O2S/c1-26-13-16(18-12-17(23)6-7-20(18)26)14-27-10-8-15(9-11-27)22-24-19-4-2-3-5-21(19)30(28,29)25-22/h2-7,12-13,15,22,24-25H,8-11,14H2,1H3. The number of anilines is 1. The molecule has 158 valence electrons. The van der Waals surface area contributed by atoms with Gasteiger partial charge in [0.05, 0.1) is 11.9 Å². The third-order valence-electron chi connectivity index (χ3n) is 6.30. The molecule has 0 radical (unpaired) electrons. The van der Waals surface area contributed by atoms with Crippen LogP contribution < -0.4 is 10.0 Å². The highest BCUT2D eigenvalue weighted by Crippen LogP contribution is 2.31. The third kappa shape index (κ3) is 3.49. The van der Waals surface area contributed by atoms with Crippen LogP contribution >= 0.6 is 0 Å². The van der Waals surface area contributed by atoms with Crippen LogP contribution in [0.25, 0.3) is 10.9 Å². The first-order valence-electron chi connectivity index (χ1n) is 10.2. The van der Waals surface area contributed by atoms with E-state index in [0.29, 0.717) is 10.6 Å². The van der Waals surface area contributed by atoms with Gasteiger partial charge < -0.3 is 9.88 Å². The van der Waals surface area contributed by atoms with Crippen LogP contribution in [0.5, 0.6) is 0 Å². The number of rotatable bonds is 3. The summed E-state index contributed by atoms with van der Waals surface area (Å²) >= 11 is 0. The number of hydrogen-bond acceptors (Lipinski definition) is 4. The first-order chi connectivity index (χ1) is 14.4. The van der Waals surface area contributed by atoms with Gasteiger partial charge in [0.2, 0.25) is 10.0 Å². The van der Waals surface area contributed by atoms with Gasteiger partial charge in [0.15, 0.2) is 0 Å². The second-order valence-corrected chi connectivity index (χ2v) is 9.96. The lowest BCUT2D eigenvalue weighted by molar-refractivity contribution is 0.164. The average molecular weight is 429 g/mol. The molecular weight excluding hydrogens is 403 g/mol. The van der Waals surface area contributed by atoms with Crippen molar-refractivity contribution in [2.45, 2.75) is 30.4 Å². The molecule has 0 bridgehead atoms. The maximum atomic E-state index is 13.7. The van der Waals surface area contributed by atoms with Crippen LogP contribution in [-0.2, 0) is 23.6 Å². The first kappa shape index (κ1) is 19.5. The summed E-state index contributed by atoms with van der Waals surface area (Å²) in [5.74, 6) is -0.000982. The van der Waals surface area contributed by atoms with E-state index in [1.807, 2.05) is 29.8 Å². The fraction of sp³-hybridized carbons (Fsp3) is 0.364. The number of benzene rings is 2. The Morgan fingerprint density at radius 3 is 2.70 bits per heavy atom. The number of para-hydroxylation sites is 1. The van der Waals surface area contributed by atoms with E-state index in [2.05, 4.69) is 21.1 Å². The number of fused-ring (bicyclic) bond motifs is 2. The average Bonchev–Trinajstić information content (AvgIpc) is 3.02. The minimum absolute atomic E-state index is 0.217. The van der Waals surface area contributed by atoms with Crippen molar-refractivity contribution in [2.75, 3.05) is 18.4 Å². The number of nitrogens with zero attached hydrogens (tertiary/aromatic N) is 2. The Hall–Kier alpha value is -2.42. The van der Waals surface area contributed by atoms with Crippen molar-refractivity contribution in [1.29, 1.82) is 0 Å². The summed E-state index contributed by atoms with van der Waals surface area (Å²) in [5.41, 5.74) is 2.82. The molecule has 0 saturated carbocycles. The minimum atomic E-state index is -3.49. The van der Waals surface area contributed by atoms with E-state index in [9.17, 15) is 12.8 Å². The van der Waals surface area contributed by atoms with E-state index in [-0.39, 0.29) is 17.9 Å². The summed E-state index contributed by atoms with van der Waals surface area (Å²) in [7, 11) is -1.51. The van der Waals surface area contributed by atoms with Crippen molar-refractivity contribution in [3.05, 3.63) is 60.0 Å². The molecule has 5 rings (SSSR count). The zero-order valence-electron chi connectivity index (χ0n) is 16.8. The molecule has 2 aliphatic heterocycles. The van der Waals surface area contributed by atoms with Crippen LogP contribution in [-0.4, -0.2) is 37.1 Å². The van der Waals surface area contributed by atoms with Crippen molar-refractivity contribution >= 4 is 26.6 Å². The van der Waals surface area contributed by atoms with Gasteiger partial charge in [-0.1, -0.05) is 12.1 Å². The topological polar surface area (TPSA) is 66.4 Å². The normalized spacial score (nSPS) is 22.0. The van der Waals surface area contributed by atoms with Crippen LogP contribution in [0.1, 0.15) is 18.4 Å². The molecule has 30 heavy (non-hydrogen) atoms. The smallest absolute Gasteiger partial charge is 0.244 e. The lowest BCUT2D eigenvalue weighted by atomic mass is 9.93. The van der Waals surface area contributed by atoms with Crippen molar-refractivity contribution in [3.63, 3.8) is 0 Å². The summed E-state index contributed by atoms with van der Waals surface area (Å²) in [6, 6.07) is 11.9. The Morgan fingerprint density at radius 1 is 1.13 bits per heavy atom. The molecule has 2 aliphatic rings. The van der Waals surface area contributed by atoms with Crippen LogP contribution in [0, 0.1) is 11.7 Å². The second-order valence-electron chi connectivity index (χ2n) is 8.28. The molecule has 1 fully saturated rings. The third-order valence-corrected chi connectivity index (χ3v) is 7.80. The van der Waals surface area contributed by atoms with E-state index >= 15 is 0 Å². The van der Waals surface area contributed by atoms with Crippen molar-refractivity contribution in [2.24, 2.45) is 13.0 Å². The van der Waals surface area contributed by atoms with Gasteiger partial charge in [-0.15, -0.1) is 0 Å². The monoisotopic (exact) mass is 428 g/mol. The molecule has 1 atom stereocenters. The van der Waals surface area contributed by atoms with Gasteiger partial charge in [-0.3, -0.25) is 4.90 Å². The Balaban J connectivity index is 1.27. The van der Waals surface area contributed by atoms with Gasteiger partial charge in [0.25, 0.3) is 0 Å². The van der Waals surface area contributed by atoms with Crippen molar-refractivity contribution in [1.82, 2.24) is 14.2 Å². The van der Waals surface area contributed by atoms with Crippen LogP contribution in [0.4, 0.5) is 10.1 Å². The maximum absolute atomic E-state index is 13.7. The number of hydrogen-bond donors (Lipinski definition) is 2. The Bertz CT molecular complexity index is 1200. The predicted molar refractivity (Wildman–Crippen MR) is 115 cm³/mol.